The van der Waals surface area contributed by atoms with Gasteiger partial charge in [0, 0.05) is 5.39 Å². The summed E-state index contributed by atoms with van der Waals surface area (Å²) in [6.07, 6.45) is 1.61. The number of nitrogens with zero attached hydrogens (tertiary/aromatic N) is 3. The molecule has 0 aliphatic heterocycles. The molecule has 8 heteroatoms. The summed E-state index contributed by atoms with van der Waals surface area (Å²) in [5, 5.41) is 20.4. The van der Waals surface area contributed by atoms with Gasteiger partial charge in [-0.25, -0.2) is 18.9 Å². The number of aromatic nitrogens is 3. The lowest BCUT2D eigenvalue weighted by atomic mass is 10.1. The van der Waals surface area contributed by atoms with E-state index in [4.69, 9.17) is 0 Å². The van der Waals surface area contributed by atoms with Gasteiger partial charge in [-0.2, -0.15) is 5.10 Å². The summed E-state index contributed by atoms with van der Waals surface area (Å²) in [5.74, 6) is -0.0547. The van der Waals surface area contributed by atoms with Crippen LogP contribution in [0.25, 0.3) is 16.6 Å². The van der Waals surface area contributed by atoms with Gasteiger partial charge in [0.1, 0.15) is 11.6 Å². The Morgan fingerprint density at radius 2 is 1.90 bits per heavy atom. The van der Waals surface area contributed by atoms with E-state index in [1.807, 2.05) is 37.3 Å². The number of pyridine rings is 1. The molecule has 0 radical (unpaired) electrons. The molecule has 0 saturated carbocycles. The Morgan fingerprint density at radius 1 is 1.17 bits per heavy atom. The fourth-order valence-electron chi connectivity index (χ4n) is 3.26. The molecular formula is C22H20FN5O2. The lowest BCUT2D eigenvalue weighted by Crippen LogP contribution is -2.31. The van der Waals surface area contributed by atoms with Crippen molar-refractivity contribution in [1.82, 2.24) is 20.1 Å². The number of urea groups is 1. The number of fused-ring (bicyclic) bond motifs is 1. The van der Waals surface area contributed by atoms with Crippen LogP contribution in [0.5, 0.6) is 0 Å². The molecule has 1 unspecified atom stereocenters. The van der Waals surface area contributed by atoms with Crippen LogP contribution in [0.15, 0.2) is 66.9 Å². The smallest absolute Gasteiger partial charge is 0.320 e. The Balaban J connectivity index is 1.58. The van der Waals surface area contributed by atoms with E-state index in [0.29, 0.717) is 28.1 Å². The number of hydrogen-bond acceptors (Lipinski definition) is 4. The minimum atomic E-state index is -0.409. The largest absolute Gasteiger partial charge is 0.390 e. The zero-order chi connectivity index (χ0) is 21.1. The van der Waals surface area contributed by atoms with E-state index in [0.717, 1.165) is 5.56 Å². The Bertz CT molecular complexity index is 1180. The Morgan fingerprint density at radius 3 is 2.60 bits per heavy atom. The predicted molar refractivity (Wildman–Crippen MR) is 112 cm³/mol. The van der Waals surface area contributed by atoms with Gasteiger partial charge in [-0.3, -0.25) is 5.32 Å². The highest BCUT2D eigenvalue weighted by atomic mass is 19.1. The number of rotatable bonds is 5. The first-order valence-electron chi connectivity index (χ1n) is 9.42. The first kappa shape index (κ1) is 19.5. The number of halogens is 1. The van der Waals surface area contributed by atoms with E-state index in [1.165, 1.54) is 12.1 Å². The van der Waals surface area contributed by atoms with Crippen molar-refractivity contribution in [2.75, 3.05) is 5.32 Å². The Labute approximate surface area is 172 Å². The number of nitrogens with one attached hydrogen (secondary N) is 2. The summed E-state index contributed by atoms with van der Waals surface area (Å²) in [4.78, 5) is 16.8. The van der Waals surface area contributed by atoms with E-state index in [1.54, 1.807) is 29.1 Å². The lowest BCUT2D eigenvalue weighted by molar-refractivity contribution is 0.249. The number of aliphatic hydroxyl groups is 1. The number of aliphatic hydroxyl groups excluding tert-OH is 1. The van der Waals surface area contributed by atoms with Crippen LogP contribution >= 0.6 is 0 Å². The summed E-state index contributed by atoms with van der Waals surface area (Å²) in [5.41, 5.74) is 2.55. The molecule has 7 nitrogen and oxygen atoms in total. The SMILES string of the molecule is CC(NC(=O)Nc1cc2cnn(-c3ccc(F)cc3)c2c(CO)n1)c1ccccc1. The van der Waals surface area contributed by atoms with Crippen molar-refractivity contribution in [3.8, 4) is 5.69 Å². The average molecular weight is 405 g/mol. The minimum Gasteiger partial charge on any atom is -0.390 e. The Kier molecular flexibility index (Phi) is 5.40. The molecule has 30 heavy (non-hydrogen) atoms. The van der Waals surface area contributed by atoms with E-state index in [9.17, 15) is 14.3 Å². The zero-order valence-corrected chi connectivity index (χ0v) is 16.2. The van der Waals surface area contributed by atoms with Crippen LogP contribution in [0, 0.1) is 5.82 Å². The van der Waals surface area contributed by atoms with Gasteiger partial charge in [0.15, 0.2) is 0 Å². The van der Waals surface area contributed by atoms with Crippen molar-refractivity contribution in [3.63, 3.8) is 0 Å². The third kappa shape index (κ3) is 3.99. The van der Waals surface area contributed by atoms with Gasteiger partial charge in [-0.1, -0.05) is 30.3 Å². The first-order valence-corrected chi connectivity index (χ1v) is 9.42. The monoisotopic (exact) mass is 405 g/mol. The maximum absolute atomic E-state index is 13.2. The fraction of sp³-hybridized carbons (Fsp3) is 0.136. The van der Waals surface area contributed by atoms with Crippen LogP contribution in [0.2, 0.25) is 0 Å². The number of amides is 2. The van der Waals surface area contributed by atoms with Crippen molar-refractivity contribution in [1.29, 1.82) is 0 Å². The molecule has 4 aromatic rings. The second-order valence-corrected chi connectivity index (χ2v) is 6.81. The molecule has 4 rings (SSSR count). The number of carbonyl (C=O) groups excluding carboxylic acids is 1. The predicted octanol–water partition coefficient (Wildman–Crippen LogP) is 3.93. The fourth-order valence-corrected chi connectivity index (χ4v) is 3.26. The number of hydrogen-bond donors (Lipinski definition) is 3. The molecular weight excluding hydrogens is 385 g/mol. The van der Waals surface area contributed by atoms with E-state index in [-0.39, 0.29) is 18.5 Å². The third-order valence-corrected chi connectivity index (χ3v) is 4.73. The second-order valence-electron chi connectivity index (χ2n) is 6.81. The summed E-state index contributed by atoms with van der Waals surface area (Å²) >= 11 is 0. The highest BCUT2D eigenvalue weighted by Crippen LogP contribution is 2.24. The molecule has 1 atom stereocenters. The van der Waals surface area contributed by atoms with Gasteiger partial charge in [0.2, 0.25) is 0 Å². The lowest BCUT2D eigenvalue weighted by Gasteiger charge is -2.15. The van der Waals surface area contributed by atoms with Crippen molar-refractivity contribution in [3.05, 3.63) is 83.9 Å². The van der Waals surface area contributed by atoms with Crippen molar-refractivity contribution >= 4 is 22.8 Å². The molecule has 2 aromatic carbocycles. The summed E-state index contributed by atoms with van der Waals surface area (Å²) in [6, 6.07) is 16.5. The molecule has 2 amide bonds. The van der Waals surface area contributed by atoms with Crippen LogP contribution in [0.4, 0.5) is 15.0 Å². The van der Waals surface area contributed by atoms with Gasteiger partial charge < -0.3 is 10.4 Å². The van der Waals surface area contributed by atoms with Gasteiger partial charge in [-0.15, -0.1) is 0 Å². The van der Waals surface area contributed by atoms with Gasteiger partial charge in [0.25, 0.3) is 0 Å². The Hall–Kier alpha value is -3.78. The van der Waals surface area contributed by atoms with Crippen molar-refractivity contribution in [2.45, 2.75) is 19.6 Å². The normalized spacial score (nSPS) is 12.0. The molecule has 0 spiro atoms. The molecule has 0 aliphatic carbocycles. The molecule has 0 aliphatic rings. The standard InChI is InChI=1S/C22H20FN5O2/c1-14(15-5-3-2-4-6-15)25-22(30)27-20-11-16-12-24-28(21(16)19(13-29)26-20)18-9-7-17(23)8-10-18/h2-12,14,29H,13H2,1H3,(H2,25,26,27,30). The van der Waals surface area contributed by atoms with Crippen LogP contribution in [0.3, 0.4) is 0 Å². The quantitative estimate of drug-likeness (QED) is 0.469. The number of carbonyl (C=O) groups is 1. The number of anilines is 1. The van der Waals surface area contributed by atoms with Crippen molar-refractivity contribution < 1.29 is 14.3 Å². The van der Waals surface area contributed by atoms with E-state index < -0.39 is 6.03 Å². The van der Waals surface area contributed by atoms with Gasteiger partial charge >= 0.3 is 6.03 Å². The summed E-state index contributed by atoms with van der Waals surface area (Å²) < 4.78 is 14.8. The zero-order valence-electron chi connectivity index (χ0n) is 16.2. The van der Waals surface area contributed by atoms with Gasteiger partial charge in [-0.05, 0) is 42.8 Å². The van der Waals surface area contributed by atoms with Crippen LogP contribution in [-0.2, 0) is 6.61 Å². The topological polar surface area (TPSA) is 92.1 Å². The van der Waals surface area contributed by atoms with E-state index in [2.05, 4.69) is 20.7 Å². The number of benzene rings is 2. The van der Waals surface area contributed by atoms with Crippen LogP contribution < -0.4 is 10.6 Å². The highest BCUT2D eigenvalue weighted by Gasteiger charge is 2.15. The average Bonchev–Trinajstić information content (AvgIpc) is 3.18. The summed E-state index contributed by atoms with van der Waals surface area (Å²) in [7, 11) is 0. The minimum absolute atomic E-state index is 0.187. The highest BCUT2D eigenvalue weighted by molar-refractivity contribution is 5.92. The molecule has 2 aromatic heterocycles. The molecule has 0 fully saturated rings. The molecule has 3 N–H and O–H groups in total. The van der Waals surface area contributed by atoms with Crippen molar-refractivity contribution in [2.24, 2.45) is 0 Å². The maximum atomic E-state index is 13.2. The van der Waals surface area contributed by atoms with Crippen LogP contribution in [0.1, 0.15) is 24.2 Å². The molecule has 152 valence electrons. The molecule has 0 bridgehead atoms. The third-order valence-electron chi connectivity index (χ3n) is 4.73. The summed E-state index contributed by atoms with van der Waals surface area (Å²) in [6.45, 7) is 1.54. The molecule has 2 heterocycles. The maximum Gasteiger partial charge on any atom is 0.320 e. The first-order chi connectivity index (χ1) is 14.5. The molecule has 0 saturated heterocycles. The van der Waals surface area contributed by atoms with Gasteiger partial charge in [0.05, 0.1) is 35.7 Å². The second kappa shape index (κ2) is 8.30. The van der Waals surface area contributed by atoms with E-state index >= 15 is 0 Å². The van der Waals surface area contributed by atoms with Crippen LogP contribution in [-0.4, -0.2) is 25.9 Å².